The third-order valence-electron chi connectivity index (χ3n) is 4.29. The largest absolute Gasteiger partial charge is 0.368 e. The molecule has 0 saturated heterocycles. The summed E-state index contributed by atoms with van der Waals surface area (Å²) in [4.78, 5) is 34.6. The maximum atomic E-state index is 12.4. The van der Waals surface area contributed by atoms with Crippen molar-refractivity contribution in [1.82, 2.24) is 10.3 Å². The Hall–Kier alpha value is -2.72. The lowest BCUT2D eigenvalue weighted by molar-refractivity contribution is -0.124. The van der Waals surface area contributed by atoms with Gasteiger partial charge >= 0.3 is 5.97 Å². The Morgan fingerprint density at radius 3 is 2.84 bits per heavy atom. The predicted octanol–water partition coefficient (Wildman–Crippen LogP) is 2.73. The van der Waals surface area contributed by atoms with Gasteiger partial charge in [0, 0.05) is 12.3 Å². The van der Waals surface area contributed by atoms with Gasteiger partial charge in [-0.3, -0.25) is 4.79 Å². The highest BCUT2D eigenvalue weighted by atomic mass is 32.1. The Bertz CT molecular complexity index is 965. The molecule has 3 rings (SSSR count). The first-order chi connectivity index (χ1) is 11.9. The lowest BCUT2D eigenvalue weighted by Crippen LogP contribution is -2.41. The average molecular weight is 355 g/mol. The molecule has 6 nitrogen and oxygen atoms in total. The molecule has 0 aliphatic carbocycles. The van der Waals surface area contributed by atoms with Crippen molar-refractivity contribution in [1.29, 1.82) is 0 Å². The molecule has 1 aliphatic rings. The standard InChI is InChI=1S/C18H17N3O3S/c1-5-7-24-16(22)12-9-11-6-8-25-15(11)19-13(12)14-20-17(23)18(4,21-14)10(2)3/h6,8-10H,1-4H3,(H,20,21,23). The van der Waals surface area contributed by atoms with Crippen molar-refractivity contribution >= 4 is 39.3 Å². The number of thiophene rings is 1. The van der Waals surface area contributed by atoms with E-state index in [1.807, 2.05) is 25.3 Å². The number of nitrogens with one attached hydrogen (secondary N) is 1. The molecule has 0 saturated carbocycles. The lowest BCUT2D eigenvalue weighted by Gasteiger charge is -2.21. The van der Waals surface area contributed by atoms with Gasteiger partial charge in [-0.2, -0.15) is 0 Å². The van der Waals surface area contributed by atoms with Crippen molar-refractivity contribution < 1.29 is 14.3 Å². The van der Waals surface area contributed by atoms with Crippen LogP contribution in [0.5, 0.6) is 0 Å². The Balaban J connectivity index is 2.15. The van der Waals surface area contributed by atoms with Crippen LogP contribution in [-0.4, -0.2) is 28.2 Å². The summed E-state index contributed by atoms with van der Waals surface area (Å²) in [7, 11) is 0. The number of pyridine rings is 1. The Kier molecular flexibility index (Phi) is 4.31. The number of ether oxygens (including phenoxy) is 1. The zero-order valence-electron chi connectivity index (χ0n) is 14.3. The van der Waals surface area contributed by atoms with Crippen LogP contribution in [-0.2, 0) is 9.53 Å². The molecule has 25 heavy (non-hydrogen) atoms. The van der Waals surface area contributed by atoms with E-state index >= 15 is 0 Å². The number of esters is 1. The van der Waals surface area contributed by atoms with Gasteiger partial charge in [-0.05, 0) is 30.4 Å². The molecule has 1 N–H and O–H groups in total. The van der Waals surface area contributed by atoms with Gasteiger partial charge in [0.2, 0.25) is 0 Å². The fraction of sp³-hybridized carbons (Fsp3) is 0.333. The third kappa shape index (κ3) is 2.89. The molecular formula is C18H17N3O3S. The van der Waals surface area contributed by atoms with Gasteiger partial charge in [0.1, 0.15) is 22.2 Å². The van der Waals surface area contributed by atoms with Crippen LogP contribution < -0.4 is 5.32 Å². The van der Waals surface area contributed by atoms with Gasteiger partial charge in [-0.25, -0.2) is 14.8 Å². The van der Waals surface area contributed by atoms with Crippen molar-refractivity contribution in [2.75, 3.05) is 0 Å². The zero-order valence-corrected chi connectivity index (χ0v) is 15.2. The van der Waals surface area contributed by atoms with E-state index in [-0.39, 0.29) is 23.2 Å². The van der Waals surface area contributed by atoms with E-state index in [4.69, 9.17) is 4.74 Å². The number of fused-ring (bicyclic) bond motifs is 1. The fourth-order valence-corrected chi connectivity index (χ4v) is 3.19. The monoisotopic (exact) mass is 355 g/mol. The second-order valence-electron chi connectivity index (χ2n) is 6.16. The number of hydrogen-bond acceptors (Lipinski definition) is 6. The number of amidine groups is 1. The minimum absolute atomic E-state index is 0.00294. The molecule has 0 aromatic carbocycles. The molecule has 1 amide bonds. The topological polar surface area (TPSA) is 80.7 Å². The number of hydrogen-bond donors (Lipinski definition) is 1. The van der Waals surface area contributed by atoms with Gasteiger partial charge in [0.25, 0.3) is 5.91 Å². The first-order valence-electron chi connectivity index (χ1n) is 7.79. The molecular weight excluding hydrogens is 338 g/mol. The van der Waals surface area contributed by atoms with Crippen molar-refractivity contribution in [2.24, 2.45) is 10.9 Å². The summed E-state index contributed by atoms with van der Waals surface area (Å²) in [6.07, 6.45) is 2.30. The summed E-state index contributed by atoms with van der Waals surface area (Å²) in [5, 5.41) is 5.47. The van der Waals surface area contributed by atoms with E-state index in [0.29, 0.717) is 5.69 Å². The fourth-order valence-electron chi connectivity index (χ4n) is 2.43. The number of carbonyl (C=O) groups is 2. The molecule has 2 aromatic heterocycles. The number of carbonyl (C=O) groups excluding carboxylic acids is 2. The maximum absolute atomic E-state index is 12.4. The van der Waals surface area contributed by atoms with Crippen LogP contribution in [0.3, 0.4) is 0 Å². The van der Waals surface area contributed by atoms with Crippen LogP contribution in [0.2, 0.25) is 0 Å². The van der Waals surface area contributed by atoms with E-state index in [0.717, 1.165) is 10.2 Å². The third-order valence-corrected chi connectivity index (χ3v) is 5.11. The Labute approximate surface area is 149 Å². The normalized spacial score (nSPS) is 19.4. The Morgan fingerprint density at radius 2 is 2.20 bits per heavy atom. The van der Waals surface area contributed by atoms with Crippen LogP contribution in [0.1, 0.15) is 43.7 Å². The van der Waals surface area contributed by atoms with Crippen LogP contribution in [0.4, 0.5) is 0 Å². The van der Waals surface area contributed by atoms with Crippen molar-refractivity contribution in [3.63, 3.8) is 0 Å². The van der Waals surface area contributed by atoms with Gasteiger partial charge in [0.05, 0.1) is 5.56 Å². The van der Waals surface area contributed by atoms with Gasteiger partial charge in [0.15, 0.2) is 5.84 Å². The minimum Gasteiger partial charge on any atom is -0.368 e. The quantitative estimate of drug-likeness (QED) is 0.678. The molecule has 1 atom stereocenters. The smallest absolute Gasteiger partial charge is 0.354 e. The first-order valence-corrected chi connectivity index (χ1v) is 8.67. The van der Waals surface area contributed by atoms with E-state index in [1.165, 1.54) is 11.3 Å². The van der Waals surface area contributed by atoms with Gasteiger partial charge in [-0.1, -0.05) is 19.8 Å². The number of rotatable bonds is 3. The Morgan fingerprint density at radius 1 is 1.44 bits per heavy atom. The lowest BCUT2D eigenvalue weighted by atomic mass is 9.89. The predicted molar refractivity (Wildman–Crippen MR) is 96.4 cm³/mol. The molecule has 0 spiro atoms. The van der Waals surface area contributed by atoms with E-state index in [1.54, 1.807) is 19.9 Å². The molecule has 0 bridgehead atoms. The number of aliphatic imine (C=N–C) groups is 1. The van der Waals surface area contributed by atoms with Crippen LogP contribution in [0.15, 0.2) is 22.5 Å². The highest BCUT2D eigenvalue weighted by Crippen LogP contribution is 2.29. The summed E-state index contributed by atoms with van der Waals surface area (Å²) in [6, 6.07) is 3.56. The maximum Gasteiger partial charge on any atom is 0.354 e. The van der Waals surface area contributed by atoms with Crippen molar-refractivity contribution in [2.45, 2.75) is 33.2 Å². The highest BCUT2D eigenvalue weighted by Gasteiger charge is 2.43. The van der Waals surface area contributed by atoms with E-state index < -0.39 is 11.5 Å². The number of nitrogens with zero attached hydrogens (tertiary/aromatic N) is 2. The molecule has 0 radical (unpaired) electrons. The summed E-state index contributed by atoms with van der Waals surface area (Å²) < 4.78 is 4.92. The zero-order chi connectivity index (χ0) is 18.2. The molecule has 3 heterocycles. The molecule has 1 unspecified atom stereocenters. The summed E-state index contributed by atoms with van der Waals surface area (Å²) in [5.74, 6) is 1.96. The van der Waals surface area contributed by atoms with E-state index in [9.17, 15) is 9.59 Å². The van der Waals surface area contributed by atoms with E-state index in [2.05, 4.69) is 27.3 Å². The number of amides is 1. The summed E-state index contributed by atoms with van der Waals surface area (Å²) >= 11 is 1.45. The van der Waals surface area contributed by atoms with Crippen LogP contribution >= 0.6 is 11.3 Å². The first kappa shape index (κ1) is 17.1. The average Bonchev–Trinajstić information content (AvgIpc) is 3.16. The molecule has 7 heteroatoms. The molecule has 0 fully saturated rings. The number of aromatic nitrogens is 1. The highest BCUT2D eigenvalue weighted by molar-refractivity contribution is 7.16. The second kappa shape index (κ2) is 6.30. The van der Waals surface area contributed by atoms with Crippen molar-refractivity contribution in [3.05, 3.63) is 28.8 Å². The molecule has 128 valence electrons. The summed E-state index contributed by atoms with van der Waals surface area (Å²) in [6.45, 7) is 7.19. The second-order valence-corrected chi connectivity index (χ2v) is 7.05. The SMILES string of the molecule is CC#COC(=O)c1cc2ccsc2nc1C1=NC(C)(C(C)C)C(=O)N1. The van der Waals surface area contributed by atoms with Crippen molar-refractivity contribution in [3.8, 4) is 12.0 Å². The van der Waals surface area contributed by atoms with Crippen LogP contribution in [0.25, 0.3) is 10.2 Å². The van der Waals surface area contributed by atoms with Gasteiger partial charge < -0.3 is 10.1 Å². The molecule has 1 aliphatic heterocycles. The molecule has 2 aromatic rings. The van der Waals surface area contributed by atoms with Crippen LogP contribution in [0, 0.1) is 17.9 Å². The summed E-state index contributed by atoms with van der Waals surface area (Å²) in [5.41, 5.74) is -0.373. The minimum atomic E-state index is -0.897. The van der Waals surface area contributed by atoms with Gasteiger partial charge in [-0.15, -0.1) is 11.3 Å².